The van der Waals surface area contributed by atoms with Crippen LogP contribution in [0.4, 0.5) is 5.69 Å². The van der Waals surface area contributed by atoms with Gasteiger partial charge in [-0.15, -0.1) is 0 Å². The van der Waals surface area contributed by atoms with Crippen LogP contribution in [0.5, 0.6) is 5.75 Å². The largest absolute Gasteiger partial charge is 0.496 e. The van der Waals surface area contributed by atoms with Crippen molar-refractivity contribution in [2.24, 2.45) is 5.41 Å². The van der Waals surface area contributed by atoms with E-state index >= 15 is 0 Å². The number of carbonyl (C=O) groups is 2. The van der Waals surface area contributed by atoms with Crippen LogP contribution in [0, 0.1) is 5.41 Å². The number of nitrogens with one attached hydrogen (secondary N) is 1. The van der Waals surface area contributed by atoms with Gasteiger partial charge in [-0.3, -0.25) is 4.79 Å². The molecular weight excluding hydrogens is 334 g/mol. The summed E-state index contributed by atoms with van der Waals surface area (Å²) in [5.41, 5.74) is 0.787. The zero-order valence-electron chi connectivity index (χ0n) is 15.1. The highest BCUT2D eigenvalue weighted by atomic mass is 16.5. The Labute approximate surface area is 152 Å². The average molecular weight is 357 g/mol. The summed E-state index contributed by atoms with van der Waals surface area (Å²) in [7, 11) is 1.38. The van der Waals surface area contributed by atoms with Crippen LogP contribution in [0.1, 0.15) is 29.8 Å². The van der Waals surface area contributed by atoms with Gasteiger partial charge in [-0.25, -0.2) is 4.79 Å². The lowest BCUT2D eigenvalue weighted by molar-refractivity contribution is -0.127. The van der Waals surface area contributed by atoms with Crippen LogP contribution in [0.2, 0.25) is 0 Å². The molecule has 0 aromatic heterocycles. The maximum Gasteiger partial charge on any atom is 0.339 e. The molecule has 1 amide bonds. The van der Waals surface area contributed by atoms with Gasteiger partial charge in [0, 0.05) is 11.8 Å². The van der Waals surface area contributed by atoms with Gasteiger partial charge in [-0.1, -0.05) is 30.3 Å². The number of benzene rings is 2. The number of amides is 1. The second-order valence-electron chi connectivity index (χ2n) is 6.54. The molecule has 2 rings (SSSR count). The van der Waals surface area contributed by atoms with E-state index in [9.17, 15) is 9.59 Å². The first-order valence-corrected chi connectivity index (χ1v) is 8.18. The van der Waals surface area contributed by atoms with Crippen molar-refractivity contribution >= 4 is 17.6 Å². The quantitative estimate of drug-likeness (QED) is 0.754. The van der Waals surface area contributed by atoms with Crippen LogP contribution in [0.25, 0.3) is 0 Å². The fourth-order valence-electron chi connectivity index (χ4n) is 2.31. The van der Waals surface area contributed by atoms with Crippen LogP contribution >= 0.6 is 0 Å². The Morgan fingerprint density at radius 1 is 1.12 bits per heavy atom. The van der Waals surface area contributed by atoms with Crippen LogP contribution < -0.4 is 10.1 Å². The number of ether oxygens (including phenoxy) is 2. The van der Waals surface area contributed by atoms with E-state index in [2.05, 4.69) is 5.32 Å². The Hall–Kier alpha value is -2.86. The van der Waals surface area contributed by atoms with Gasteiger partial charge < -0.3 is 19.9 Å². The van der Waals surface area contributed by atoms with E-state index in [0.717, 1.165) is 5.56 Å². The van der Waals surface area contributed by atoms with Crippen molar-refractivity contribution in [3.63, 3.8) is 0 Å². The molecule has 0 unspecified atom stereocenters. The molecule has 0 saturated heterocycles. The Bertz CT molecular complexity index is 771. The first kappa shape index (κ1) is 19.5. The zero-order valence-corrected chi connectivity index (χ0v) is 15.1. The summed E-state index contributed by atoms with van der Waals surface area (Å²) in [6.07, 6.45) is 0. The van der Waals surface area contributed by atoms with E-state index in [1.807, 2.05) is 30.3 Å². The molecule has 0 bridgehead atoms. The molecule has 2 aromatic rings. The van der Waals surface area contributed by atoms with E-state index in [-0.39, 0.29) is 23.8 Å². The van der Waals surface area contributed by atoms with E-state index in [0.29, 0.717) is 12.3 Å². The van der Waals surface area contributed by atoms with Gasteiger partial charge in [0.2, 0.25) is 5.91 Å². The third-order valence-electron chi connectivity index (χ3n) is 3.88. The summed E-state index contributed by atoms with van der Waals surface area (Å²) < 4.78 is 10.7. The summed E-state index contributed by atoms with van der Waals surface area (Å²) in [5.74, 6) is -1.13. The number of carboxylic acids is 1. The molecule has 0 radical (unpaired) electrons. The van der Waals surface area contributed by atoms with E-state index in [4.69, 9.17) is 14.6 Å². The molecule has 138 valence electrons. The number of rotatable bonds is 8. The number of anilines is 1. The van der Waals surface area contributed by atoms with Crippen molar-refractivity contribution < 1.29 is 24.2 Å². The van der Waals surface area contributed by atoms with Gasteiger partial charge in [-0.05, 0) is 31.5 Å². The van der Waals surface area contributed by atoms with Gasteiger partial charge in [0.05, 0.1) is 25.7 Å². The second-order valence-corrected chi connectivity index (χ2v) is 6.54. The lowest BCUT2D eigenvalue weighted by Crippen LogP contribution is -2.35. The number of carboxylic acid groups (broad SMARTS) is 1. The van der Waals surface area contributed by atoms with Crippen molar-refractivity contribution in [3.8, 4) is 5.75 Å². The molecule has 0 aliphatic carbocycles. The minimum atomic E-state index is -1.09. The Balaban J connectivity index is 1.97. The lowest BCUT2D eigenvalue weighted by Gasteiger charge is -2.23. The third kappa shape index (κ3) is 5.07. The smallest absolute Gasteiger partial charge is 0.339 e. The average Bonchev–Trinajstić information content (AvgIpc) is 2.62. The molecule has 0 atom stereocenters. The molecule has 26 heavy (non-hydrogen) atoms. The summed E-state index contributed by atoms with van der Waals surface area (Å²) in [4.78, 5) is 23.7. The Morgan fingerprint density at radius 3 is 2.42 bits per heavy atom. The van der Waals surface area contributed by atoms with Crippen molar-refractivity contribution in [1.29, 1.82) is 0 Å². The minimum Gasteiger partial charge on any atom is -0.496 e. The predicted molar refractivity (Wildman–Crippen MR) is 98.5 cm³/mol. The second kappa shape index (κ2) is 8.49. The van der Waals surface area contributed by atoms with E-state index < -0.39 is 11.4 Å². The van der Waals surface area contributed by atoms with Gasteiger partial charge in [0.15, 0.2) is 0 Å². The fraction of sp³-hybridized carbons (Fsp3) is 0.300. The fourth-order valence-corrected chi connectivity index (χ4v) is 2.31. The molecule has 0 aliphatic heterocycles. The SMILES string of the molecule is COc1cc(NC(=O)C(C)(C)COCc2ccccc2)ccc1C(=O)O. The molecule has 0 saturated carbocycles. The summed E-state index contributed by atoms with van der Waals surface area (Å²) >= 11 is 0. The monoisotopic (exact) mass is 357 g/mol. The third-order valence-corrected chi connectivity index (χ3v) is 3.88. The van der Waals surface area contributed by atoms with Crippen LogP contribution in [0.3, 0.4) is 0 Å². The first-order valence-electron chi connectivity index (χ1n) is 8.18. The van der Waals surface area contributed by atoms with Gasteiger partial charge in [0.1, 0.15) is 11.3 Å². The summed E-state index contributed by atoms with van der Waals surface area (Å²) in [6.45, 7) is 4.25. The van der Waals surface area contributed by atoms with Gasteiger partial charge in [0.25, 0.3) is 0 Å². The van der Waals surface area contributed by atoms with Crippen molar-refractivity contribution in [2.45, 2.75) is 20.5 Å². The normalized spacial score (nSPS) is 11.0. The highest BCUT2D eigenvalue weighted by Gasteiger charge is 2.28. The molecule has 6 nitrogen and oxygen atoms in total. The molecule has 6 heteroatoms. The van der Waals surface area contributed by atoms with E-state index in [1.165, 1.54) is 25.3 Å². The summed E-state index contributed by atoms with van der Waals surface area (Å²) in [5, 5.41) is 11.9. The minimum absolute atomic E-state index is 0.0379. The molecule has 0 spiro atoms. The maximum absolute atomic E-state index is 12.5. The molecule has 2 aromatic carbocycles. The molecule has 0 fully saturated rings. The van der Waals surface area contributed by atoms with E-state index in [1.54, 1.807) is 13.8 Å². The number of aromatic carboxylic acids is 1. The van der Waals surface area contributed by atoms with Gasteiger partial charge >= 0.3 is 5.97 Å². The summed E-state index contributed by atoms with van der Waals surface area (Å²) in [6, 6.07) is 14.1. The zero-order chi connectivity index (χ0) is 19.2. The molecule has 2 N–H and O–H groups in total. The topological polar surface area (TPSA) is 84.9 Å². The molecule has 0 heterocycles. The number of hydrogen-bond acceptors (Lipinski definition) is 4. The van der Waals surface area contributed by atoms with Crippen LogP contribution in [-0.4, -0.2) is 30.7 Å². The maximum atomic E-state index is 12.5. The van der Waals surface area contributed by atoms with Crippen molar-refractivity contribution in [2.75, 3.05) is 19.0 Å². The lowest BCUT2D eigenvalue weighted by atomic mass is 9.93. The highest BCUT2D eigenvalue weighted by molar-refractivity contribution is 5.96. The van der Waals surface area contributed by atoms with Crippen molar-refractivity contribution in [3.05, 3.63) is 59.7 Å². The van der Waals surface area contributed by atoms with Gasteiger partial charge in [-0.2, -0.15) is 0 Å². The van der Waals surface area contributed by atoms with Crippen LogP contribution in [-0.2, 0) is 16.1 Å². The number of methoxy groups -OCH3 is 1. The number of hydrogen-bond donors (Lipinski definition) is 2. The first-order chi connectivity index (χ1) is 12.3. The molecular formula is C20H23NO5. The predicted octanol–water partition coefficient (Wildman–Crippen LogP) is 3.57. The highest BCUT2D eigenvalue weighted by Crippen LogP contribution is 2.25. The van der Waals surface area contributed by atoms with Crippen molar-refractivity contribution in [1.82, 2.24) is 0 Å². The molecule has 0 aliphatic rings. The number of carbonyl (C=O) groups excluding carboxylic acids is 1. The standard InChI is InChI=1S/C20H23NO5/c1-20(2,13-26-12-14-7-5-4-6-8-14)19(24)21-15-9-10-16(18(22)23)17(11-15)25-3/h4-11H,12-13H2,1-3H3,(H,21,24)(H,22,23). The van der Waals surface area contributed by atoms with Crippen LogP contribution in [0.15, 0.2) is 48.5 Å². The Morgan fingerprint density at radius 2 is 1.81 bits per heavy atom. The Kier molecular flexibility index (Phi) is 6.36.